The molecule has 0 bridgehead atoms. The Morgan fingerprint density at radius 1 is 1.39 bits per heavy atom. The summed E-state index contributed by atoms with van der Waals surface area (Å²) in [5.74, 6) is 0.305. The molecule has 0 fully saturated rings. The Kier molecular flexibility index (Phi) is 3.92. The number of anilines is 1. The third kappa shape index (κ3) is 3.03. The quantitative estimate of drug-likeness (QED) is 0.878. The van der Waals surface area contributed by atoms with Crippen LogP contribution in [0, 0.1) is 5.92 Å². The summed E-state index contributed by atoms with van der Waals surface area (Å²) in [6.07, 6.45) is 1.99. The predicted molar refractivity (Wildman–Crippen MR) is 73.3 cm³/mol. The average molecular weight is 268 g/mol. The lowest BCUT2D eigenvalue weighted by Crippen LogP contribution is -2.27. The smallest absolute Gasteiger partial charge is 0.240 e. The van der Waals surface area contributed by atoms with Crippen molar-refractivity contribution in [3.63, 3.8) is 0 Å². The molecule has 0 saturated heterocycles. The van der Waals surface area contributed by atoms with Crippen LogP contribution in [0.1, 0.15) is 25.8 Å². The van der Waals surface area contributed by atoms with Crippen LogP contribution in [0.4, 0.5) is 5.69 Å². The molecule has 1 aromatic rings. The maximum atomic E-state index is 12.1. The normalized spacial score (nSPS) is 15.3. The van der Waals surface area contributed by atoms with E-state index in [9.17, 15) is 8.42 Å². The van der Waals surface area contributed by atoms with E-state index in [1.165, 1.54) is 0 Å². The zero-order valence-corrected chi connectivity index (χ0v) is 11.7. The molecule has 100 valence electrons. The van der Waals surface area contributed by atoms with E-state index in [1.54, 1.807) is 12.1 Å². The summed E-state index contributed by atoms with van der Waals surface area (Å²) in [7, 11) is -3.37. The predicted octanol–water partition coefficient (Wildman–Crippen LogP) is 1.98. The van der Waals surface area contributed by atoms with Crippen molar-refractivity contribution in [2.24, 2.45) is 5.92 Å². The summed E-state index contributed by atoms with van der Waals surface area (Å²) >= 11 is 0. The Balaban J connectivity index is 2.22. The van der Waals surface area contributed by atoms with E-state index < -0.39 is 10.0 Å². The highest BCUT2D eigenvalue weighted by Crippen LogP contribution is 2.24. The third-order valence-corrected chi connectivity index (χ3v) is 4.43. The number of aryl methyl sites for hydroxylation is 1. The number of hydrogen-bond acceptors (Lipinski definition) is 3. The first kappa shape index (κ1) is 13.4. The van der Waals surface area contributed by atoms with E-state index >= 15 is 0 Å². The van der Waals surface area contributed by atoms with Gasteiger partial charge in [0.2, 0.25) is 10.0 Å². The molecule has 2 N–H and O–H groups in total. The zero-order valence-electron chi connectivity index (χ0n) is 10.9. The van der Waals surface area contributed by atoms with Gasteiger partial charge in [-0.3, -0.25) is 0 Å². The minimum atomic E-state index is -3.37. The molecule has 18 heavy (non-hydrogen) atoms. The molecule has 0 saturated carbocycles. The Bertz CT molecular complexity index is 524. The number of fused-ring (bicyclic) bond motifs is 1. The fourth-order valence-corrected chi connectivity index (χ4v) is 3.24. The molecule has 1 aromatic carbocycles. The van der Waals surface area contributed by atoms with Gasteiger partial charge in [0.1, 0.15) is 0 Å². The van der Waals surface area contributed by atoms with E-state index in [-0.39, 0.29) is 0 Å². The molecule has 0 atom stereocenters. The number of hydrogen-bond donors (Lipinski definition) is 2. The lowest BCUT2D eigenvalue weighted by molar-refractivity contribution is 0.560. The second-order valence-electron chi connectivity index (χ2n) is 5.10. The van der Waals surface area contributed by atoms with Gasteiger partial charge in [-0.25, -0.2) is 13.1 Å². The van der Waals surface area contributed by atoms with Crippen molar-refractivity contribution in [3.8, 4) is 0 Å². The molecule has 0 radical (unpaired) electrons. The average Bonchev–Trinajstić information content (AvgIpc) is 2.36. The van der Waals surface area contributed by atoms with E-state index in [0.717, 1.165) is 30.6 Å². The van der Waals surface area contributed by atoms with E-state index in [0.29, 0.717) is 17.4 Å². The van der Waals surface area contributed by atoms with Gasteiger partial charge in [-0.2, -0.15) is 0 Å². The molecule has 2 rings (SSSR count). The first-order valence-electron chi connectivity index (χ1n) is 6.35. The summed E-state index contributed by atoms with van der Waals surface area (Å²) in [6, 6.07) is 5.31. The SMILES string of the molecule is CC(C)CNS(=O)(=O)c1ccc2c(c1)CCCN2. The van der Waals surface area contributed by atoms with Gasteiger partial charge in [0.15, 0.2) is 0 Å². The van der Waals surface area contributed by atoms with Crippen molar-refractivity contribution in [3.05, 3.63) is 23.8 Å². The number of sulfonamides is 1. The van der Waals surface area contributed by atoms with Gasteiger partial charge in [0.05, 0.1) is 4.90 Å². The van der Waals surface area contributed by atoms with E-state index in [4.69, 9.17) is 0 Å². The molecule has 1 heterocycles. The number of nitrogens with one attached hydrogen (secondary N) is 2. The van der Waals surface area contributed by atoms with Crippen molar-refractivity contribution < 1.29 is 8.42 Å². The molecule has 0 aliphatic carbocycles. The van der Waals surface area contributed by atoms with Crippen LogP contribution in [-0.4, -0.2) is 21.5 Å². The summed E-state index contributed by atoms with van der Waals surface area (Å²) in [4.78, 5) is 0.366. The fraction of sp³-hybridized carbons (Fsp3) is 0.538. The monoisotopic (exact) mass is 268 g/mol. The highest BCUT2D eigenvalue weighted by atomic mass is 32.2. The van der Waals surface area contributed by atoms with Crippen molar-refractivity contribution in [1.82, 2.24) is 4.72 Å². The van der Waals surface area contributed by atoms with Crippen LogP contribution in [0.5, 0.6) is 0 Å². The van der Waals surface area contributed by atoms with Gasteiger partial charge in [0, 0.05) is 18.8 Å². The van der Waals surface area contributed by atoms with Gasteiger partial charge >= 0.3 is 0 Å². The molecular formula is C13H20N2O2S. The number of rotatable bonds is 4. The van der Waals surface area contributed by atoms with Gasteiger partial charge in [-0.05, 0) is 42.5 Å². The standard InChI is InChI=1S/C13H20N2O2S/c1-10(2)9-15-18(16,17)12-5-6-13-11(8-12)4-3-7-14-13/h5-6,8,10,14-15H,3-4,7,9H2,1-2H3. The van der Waals surface area contributed by atoms with Crippen LogP contribution in [0.3, 0.4) is 0 Å². The molecule has 5 heteroatoms. The summed E-state index contributed by atoms with van der Waals surface area (Å²) in [5, 5.41) is 3.28. The second-order valence-corrected chi connectivity index (χ2v) is 6.86. The van der Waals surface area contributed by atoms with Crippen LogP contribution in [0.25, 0.3) is 0 Å². The molecule has 4 nitrogen and oxygen atoms in total. The second kappa shape index (κ2) is 5.28. The lowest BCUT2D eigenvalue weighted by Gasteiger charge is -2.19. The summed E-state index contributed by atoms with van der Waals surface area (Å²) in [6.45, 7) is 5.40. The molecule has 0 amide bonds. The van der Waals surface area contributed by atoms with Crippen LogP contribution in [0.15, 0.2) is 23.1 Å². The minimum Gasteiger partial charge on any atom is -0.385 e. The maximum absolute atomic E-state index is 12.1. The first-order chi connectivity index (χ1) is 8.49. The summed E-state index contributed by atoms with van der Waals surface area (Å²) < 4.78 is 26.8. The zero-order chi connectivity index (χ0) is 13.2. The molecule has 0 spiro atoms. The van der Waals surface area contributed by atoms with E-state index in [1.807, 2.05) is 19.9 Å². The van der Waals surface area contributed by atoms with Crippen molar-refractivity contribution in [2.75, 3.05) is 18.4 Å². The molecule has 1 aliphatic rings. The fourth-order valence-electron chi connectivity index (χ4n) is 1.98. The third-order valence-electron chi connectivity index (χ3n) is 3.01. The van der Waals surface area contributed by atoms with Gasteiger partial charge in [-0.1, -0.05) is 13.8 Å². The van der Waals surface area contributed by atoms with Crippen LogP contribution in [-0.2, 0) is 16.4 Å². The Morgan fingerprint density at radius 2 is 2.17 bits per heavy atom. The van der Waals surface area contributed by atoms with Crippen molar-refractivity contribution in [2.45, 2.75) is 31.6 Å². The Morgan fingerprint density at radius 3 is 2.89 bits per heavy atom. The molecule has 1 aliphatic heterocycles. The highest BCUT2D eigenvalue weighted by Gasteiger charge is 2.17. The van der Waals surface area contributed by atoms with Gasteiger partial charge in [0.25, 0.3) is 0 Å². The molecular weight excluding hydrogens is 248 g/mol. The van der Waals surface area contributed by atoms with E-state index in [2.05, 4.69) is 10.0 Å². The highest BCUT2D eigenvalue weighted by molar-refractivity contribution is 7.89. The van der Waals surface area contributed by atoms with Gasteiger partial charge < -0.3 is 5.32 Å². The summed E-state index contributed by atoms with van der Waals surface area (Å²) in [5.41, 5.74) is 2.15. The minimum absolute atomic E-state index is 0.305. The first-order valence-corrected chi connectivity index (χ1v) is 7.84. The van der Waals surface area contributed by atoms with Gasteiger partial charge in [-0.15, -0.1) is 0 Å². The molecule has 0 unspecified atom stereocenters. The van der Waals surface area contributed by atoms with Crippen molar-refractivity contribution in [1.29, 1.82) is 0 Å². The largest absolute Gasteiger partial charge is 0.385 e. The number of benzene rings is 1. The van der Waals surface area contributed by atoms with Crippen LogP contribution in [0.2, 0.25) is 0 Å². The van der Waals surface area contributed by atoms with Crippen LogP contribution < -0.4 is 10.0 Å². The van der Waals surface area contributed by atoms with Crippen LogP contribution >= 0.6 is 0 Å². The topological polar surface area (TPSA) is 58.2 Å². The maximum Gasteiger partial charge on any atom is 0.240 e. The lowest BCUT2D eigenvalue weighted by atomic mass is 10.0. The van der Waals surface area contributed by atoms with Crippen molar-refractivity contribution >= 4 is 15.7 Å². The Labute approximate surface area is 109 Å². The molecule has 0 aromatic heterocycles. The Hall–Kier alpha value is -1.07.